The lowest BCUT2D eigenvalue weighted by Gasteiger charge is -2.36. The number of amides is 1. The van der Waals surface area contributed by atoms with Crippen LogP contribution in [0.4, 0.5) is 0 Å². The molecule has 1 N–H and O–H groups in total. The van der Waals surface area contributed by atoms with Gasteiger partial charge in [0.15, 0.2) is 0 Å². The summed E-state index contributed by atoms with van der Waals surface area (Å²) in [6.07, 6.45) is 1.82. The summed E-state index contributed by atoms with van der Waals surface area (Å²) in [7, 11) is 0. The van der Waals surface area contributed by atoms with Crippen molar-refractivity contribution in [2.75, 3.05) is 13.2 Å². The second kappa shape index (κ2) is 3.89. The Bertz CT molecular complexity index is 212. The largest absolute Gasteiger partial charge is 0.381 e. The molecule has 0 spiro atoms. The molecule has 0 atom stereocenters. The minimum absolute atomic E-state index is 0.0669. The first-order valence-electron chi connectivity index (χ1n) is 5.24. The monoisotopic (exact) mass is 199 g/mol. The molecule has 0 unspecified atom stereocenters. The van der Waals surface area contributed by atoms with Gasteiger partial charge in [0.2, 0.25) is 5.91 Å². The Morgan fingerprint density at radius 3 is 2.21 bits per heavy atom. The highest BCUT2D eigenvalue weighted by atomic mass is 16.5. The van der Waals surface area contributed by atoms with E-state index in [0.29, 0.717) is 0 Å². The Kier molecular flexibility index (Phi) is 3.20. The Morgan fingerprint density at radius 2 is 1.79 bits per heavy atom. The summed E-state index contributed by atoms with van der Waals surface area (Å²) in [5.74, 6) is 0.127. The number of nitrogens with one attached hydrogen (secondary N) is 1. The lowest BCUT2D eigenvalue weighted by atomic mass is 9.88. The average molecular weight is 199 g/mol. The Labute approximate surface area is 86.2 Å². The first kappa shape index (κ1) is 11.5. The van der Waals surface area contributed by atoms with Crippen LogP contribution in [0.2, 0.25) is 0 Å². The molecule has 1 saturated heterocycles. The fourth-order valence-corrected chi connectivity index (χ4v) is 1.41. The Hall–Kier alpha value is -0.570. The van der Waals surface area contributed by atoms with Crippen molar-refractivity contribution in [3.05, 3.63) is 0 Å². The van der Waals surface area contributed by atoms with Crippen LogP contribution in [0.5, 0.6) is 0 Å². The summed E-state index contributed by atoms with van der Waals surface area (Å²) in [5.41, 5.74) is -0.371. The predicted molar refractivity (Wildman–Crippen MR) is 56.1 cm³/mol. The van der Waals surface area contributed by atoms with Crippen LogP contribution in [0.3, 0.4) is 0 Å². The third kappa shape index (κ3) is 2.98. The Balaban J connectivity index is 2.54. The highest BCUT2D eigenvalue weighted by Crippen LogP contribution is 2.22. The van der Waals surface area contributed by atoms with Crippen molar-refractivity contribution in [2.45, 2.75) is 46.1 Å². The molecule has 0 radical (unpaired) electrons. The van der Waals surface area contributed by atoms with Crippen LogP contribution >= 0.6 is 0 Å². The number of carbonyl (C=O) groups excluding carboxylic acids is 1. The summed E-state index contributed by atoms with van der Waals surface area (Å²) >= 11 is 0. The predicted octanol–water partition coefficient (Wildman–Crippen LogP) is 1.72. The van der Waals surface area contributed by atoms with Crippen molar-refractivity contribution in [1.29, 1.82) is 0 Å². The van der Waals surface area contributed by atoms with E-state index in [2.05, 4.69) is 12.2 Å². The molecular weight excluding hydrogens is 178 g/mol. The first-order chi connectivity index (χ1) is 6.33. The first-order valence-corrected chi connectivity index (χ1v) is 5.24. The van der Waals surface area contributed by atoms with Gasteiger partial charge in [-0.25, -0.2) is 0 Å². The van der Waals surface area contributed by atoms with Gasteiger partial charge in [0.1, 0.15) is 0 Å². The van der Waals surface area contributed by atoms with Crippen molar-refractivity contribution < 1.29 is 9.53 Å². The zero-order valence-corrected chi connectivity index (χ0v) is 9.64. The van der Waals surface area contributed by atoms with Crippen LogP contribution in [0.1, 0.15) is 40.5 Å². The molecule has 0 aliphatic carbocycles. The molecule has 0 aromatic heterocycles. The maximum Gasteiger partial charge on any atom is 0.225 e. The number of rotatable bonds is 1. The van der Waals surface area contributed by atoms with Crippen LogP contribution in [-0.2, 0) is 9.53 Å². The van der Waals surface area contributed by atoms with Crippen LogP contribution < -0.4 is 5.32 Å². The van der Waals surface area contributed by atoms with E-state index in [1.807, 2.05) is 20.8 Å². The molecule has 0 aromatic rings. The minimum atomic E-state index is -0.304. The molecule has 1 fully saturated rings. The molecule has 82 valence electrons. The topological polar surface area (TPSA) is 38.3 Å². The van der Waals surface area contributed by atoms with Crippen molar-refractivity contribution in [1.82, 2.24) is 5.32 Å². The van der Waals surface area contributed by atoms with E-state index < -0.39 is 0 Å². The van der Waals surface area contributed by atoms with Gasteiger partial charge in [-0.1, -0.05) is 20.8 Å². The second-order valence-electron chi connectivity index (χ2n) is 5.38. The van der Waals surface area contributed by atoms with E-state index in [9.17, 15) is 4.79 Å². The summed E-state index contributed by atoms with van der Waals surface area (Å²) in [4.78, 5) is 11.8. The van der Waals surface area contributed by atoms with Crippen LogP contribution in [0.15, 0.2) is 0 Å². The van der Waals surface area contributed by atoms with E-state index in [4.69, 9.17) is 4.74 Å². The highest BCUT2D eigenvalue weighted by molar-refractivity contribution is 5.82. The standard InChI is InChI=1S/C11H21NO2/c1-10(2,3)9(13)12-11(4)5-7-14-8-6-11/h5-8H2,1-4H3,(H,12,13). The van der Waals surface area contributed by atoms with Gasteiger partial charge in [0.25, 0.3) is 0 Å². The fraction of sp³-hybridized carbons (Fsp3) is 0.909. The van der Waals surface area contributed by atoms with Crippen LogP contribution in [-0.4, -0.2) is 24.7 Å². The lowest BCUT2D eigenvalue weighted by molar-refractivity contribution is -0.131. The molecule has 1 rings (SSSR count). The van der Waals surface area contributed by atoms with Crippen molar-refractivity contribution in [3.63, 3.8) is 0 Å². The summed E-state index contributed by atoms with van der Waals surface area (Å²) in [6.45, 7) is 9.40. The van der Waals surface area contributed by atoms with Gasteiger partial charge in [0, 0.05) is 24.2 Å². The maximum absolute atomic E-state index is 11.8. The van der Waals surface area contributed by atoms with Gasteiger partial charge in [-0.3, -0.25) is 4.79 Å². The molecule has 3 nitrogen and oxygen atoms in total. The second-order valence-corrected chi connectivity index (χ2v) is 5.38. The van der Waals surface area contributed by atoms with Crippen molar-refractivity contribution >= 4 is 5.91 Å². The molecule has 0 saturated carbocycles. The molecule has 1 heterocycles. The molecular formula is C11H21NO2. The summed E-state index contributed by atoms with van der Waals surface area (Å²) < 4.78 is 5.28. The van der Waals surface area contributed by atoms with Gasteiger partial charge >= 0.3 is 0 Å². The quantitative estimate of drug-likeness (QED) is 0.698. The molecule has 0 aromatic carbocycles. The third-order valence-corrected chi connectivity index (χ3v) is 2.69. The molecule has 1 aliphatic heterocycles. The summed E-state index contributed by atoms with van der Waals surface area (Å²) in [5, 5.41) is 3.12. The van der Waals surface area contributed by atoms with E-state index in [0.717, 1.165) is 26.1 Å². The van der Waals surface area contributed by atoms with Gasteiger partial charge in [-0.2, -0.15) is 0 Å². The third-order valence-electron chi connectivity index (χ3n) is 2.69. The van der Waals surface area contributed by atoms with Crippen molar-refractivity contribution in [3.8, 4) is 0 Å². The normalized spacial score (nSPS) is 21.7. The number of hydrogen-bond acceptors (Lipinski definition) is 2. The molecule has 3 heteroatoms. The van der Waals surface area contributed by atoms with Gasteiger partial charge in [-0.05, 0) is 19.8 Å². The van der Waals surface area contributed by atoms with E-state index in [-0.39, 0.29) is 16.9 Å². The van der Waals surface area contributed by atoms with Gasteiger partial charge in [0.05, 0.1) is 0 Å². The summed E-state index contributed by atoms with van der Waals surface area (Å²) in [6, 6.07) is 0. The Morgan fingerprint density at radius 1 is 1.29 bits per heavy atom. The number of carbonyl (C=O) groups is 1. The molecule has 1 amide bonds. The van der Waals surface area contributed by atoms with E-state index in [1.54, 1.807) is 0 Å². The number of hydrogen-bond donors (Lipinski definition) is 1. The zero-order chi connectivity index (χ0) is 10.8. The maximum atomic E-state index is 11.8. The number of ether oxygens (including phenoxy) is 1. The van der Waals surface area contributed by atoms with Gasteiger partial charge in [-0.15, -0.1) is 0 Å². The smallest absolute Gasteiger partial charge is 0.225 e. The van der Waals surface area contributed by atoms with E-state index >= 15 is 0 Å². The highest BCUT2D eigenvalue weighted by Gasteiger charge is 2.32. The van der Waals surface area contributed by atoms with E-state index in [1.165, 1.54) is 0 Å². The molecule has 14 heavy (non-hydrogen) atoms. The minimum Gasteiger partial charge on any atom is -0.381 e. The molecule has 0 bridgehead atoms. The van der Waals surface area contributed by atoms with Crippen molar-refractivity contribution in [2.24, 2.45) is 5.41 Å². The van der Waals surface area contributed by atoms with Gasteiger partial charge < -0.3 is 10.1 Å². The van der Waals surface area contributed by atoms with Crippen LogP contribution in [0.25, 0.3) is 0 Å². The lowest BCUT2D eigenvalue weighted by Crippen LogP contribution is -2.52. The fourth-order valence-electron chi connectivity index (χ4n) is 1.41. The zero-order valence-electron chi connectivity index (χ0n) is 9.64. The molecule has 1 aliphatic rings. The average Bonchev–Trinajstić information content (AvgIpc) is 2.02. The van der Waals surface area contributed by atoms with Crippen LogP contribution in [0, 0.1) is 5.41 Å². The SMILES string of the molecule is CC1(NC(=O)C(C)(C)C)CCOCC1.